The summed E-state index contributed by atoms with van der Waals surface area (Å²) in [5.41, 5.74) is 0.942. The molecular formula is C14H16ClN5O. The van der Waals surface area contributed by atoms with E-state index in [9.17, 15) is 4.79 Å². The van der Waals surface area contributed by atoms with Crippen molar-refractivity contribution in [2.75, 3.05) is 0 Å². The monoisotopic (exact) mass is 305 g/mol. The minimum Gasteiger partial charge on any atom is -0.347 e. The molecule has 0 unspecified atom stereocenters. The van der Waals surface area contributed by atoms with E-state index in [0.29, 0.717) is 24.4 Å². The third-order valence-electron chi connectivity index (χ3n) is 3.71. The van der Waals surface area contributed by atoms with E-state index in [1.165, 1.54) is 0 Å². The summed E-state index contributed by atoms with van der Waals surface area (Å²) in [7, 11) is 0. The number of nitrogens with zero attached hydrogens (tertiary/aromatic N) is 4. The summed E-state index contributed by atoms with van der Waals surface area (Å²) in [4.78, 5) is 12.1. The molecule has 1 aliphatic rings. The first-order valence-corrected chi connectivity index (χ1v) is 7.34. The molecule has 7 heteroatoms. The highest BCUT2D eigenvalue weighted by atomic mass is 35.5. The number of amides is 1. The van der Waals surface area contributed by atoms with E-state index >= 15 is 0 Å². The van der Waals surface area contributed by atoms with Crippen LogP contribution in [0.4, 0.5) is 0 Å². The molecule has 110 valence electrons. The zero-order valence-electron chi connectivity index (χ0n) is 11.5. The van der Waals surface area contributed by atoms with Crippen molar-refractivity contribution in [1.82, 2.24) is 25.5 Å². The Bertz CT molecular complexity index is 607. The number of rotatable bonds is 6. The van der Waals surface area contributed by atoms with Gasteiger partial charge in [-0.2, -0.15) is 0 Å². The van der Waals surface area contributed by atoms with E-state index in [2.05, 4.69) is 20.8 Å². The van der Waals surface area contributed by atoms with Crippen molar-refractivity contribution in [3.63, 3.8) is 0 Å². The average molecular weight is 306 g/mol. The number of aromatic nitrogens is 4. The Labute approximate surface area is 127 Å². The van der Waals surface area contributed by atoms with Gasteiger partial charge in [-0.3, -0.25) is 4.79 Å². The van der Waals surface area contributed by atoms with Gasteiger partial charge in [0.2, 0.25) is 5.91 Å². The van der Waals surface area contributed by atoms with Crippen LogP contribution in [-0.2, 0) is 16.9 Å². The fourth-order valence-electron chi connectivity index (χ4n) is 2.39. The Morgan fingerprint density at radius 2 is 2.10 bits per heavy atom. The molecule has 0 radical (unpaired) electrons. The van der Waals surface area contributed by atoms with Gasteiger partial charge in [0.15, 0.2) is 0 Å². The van der Waals surface area contributed by atoms with Gasteiger partial charge in [-0.25, -0.2) is 4.68 Å². The third-order valence-corrected chi connectivity index (χ3v) is 3.96. The standard InChI is InChI=1S/C14H16ClN5O/c15-12-5-3-11(4-6-12)14(7-8-14)17-13(21)2-1-9-20-10-16-18-19-20/h3-6,10H,1-2,7-9H2,(H,17,21). The van der Waals surface area contributed by atoms with Crippen LogP contribution in [0.2, 0.25) is 5.02 Å². The zero-order valence-corrected chi connectivity index (χ0v) is 12.3. The topological polar surface area (TPSA) is 72.7 Å². The first-order valence-electron chi connectivity index (χ1n) is 6.96. The molecule has 1 aliphatic carbocycles. The van der Waals surface area contributed by atoms with Crippen LogP contribution in [0.1, 0.15) is 31.2 Å². The van der Waals surface area contributed by atoms with Gasteiger partial charge in [-0.05, 0) is 47.4 Å². The van der Waals surface area contributed by atoms with Gasteiger partial charge in [0.25, 0.3) is 0 Å². The summed E-state index contributed by atoms with van der Waals surface area (Å²) < 4.78 is 1.62. The Kier molecular flexibility index (Phi) is 3.88. The van der Waals surface area contributed by atoms with Crippen LogP contribution in [-0.4, -0.2) is 26.1 Å². The second-order valence-corrected chi connectivity index (χ2v) is 5.75. The van der Waals surface area contributed by atoms with E-state index < -0.39 is 0 Å². The fraction of sp³-hybridized carbons (Fsp3) is 0.429. The van der Waals surface area contributed by atoms with E-state index in [1.54, 1.807) is 11.0 Å². The molecule has 1 heterocycles. The van der Waals surface area contributed by atoms with Gasteiger partial charge < -0.3 is 5.32 Å². The molecule has 2 aromatic rings. The quantitative estimate of drug-likeness (QED) is 0.885. The number of aryl methyl sites for hydroxylation is 1. The number of hydrogen-bond acceptors (Lipinski definition) is 4. The summed E-state index contributed by atoms with van der Waals surface area (Å²) >= 11 is 5.90. The maximum atomic E-state index is 12.1. The molecule has 0 saturated heterocycles. The Balaban J connectivity index is 1.51. The largest absolute Gasteiger partial charge is 0.347 e. The van der Waals surface area contributed by atoms with Crippen LogP contribution in [0.5, 0.6) is 0 Å². The number of benzene rings is 1. The summed E-state index contributed by atoms with van der Waals surface area (Å²) in [6, 6.07) is 7.69. The van der Waals surface area contributed by atoms with Crippen molar-refractivity contribution in [1.29, 1.82) is 0 Å². The van der Waals surface area contributed by atoms with E-state index in [0.717, 1.165) is 18.4 Å². The van der Waals surface area contributed by atoms with Crippen LogP contribution in [0.3, 0.4) is 0 Å². The highest BCUT2D eigenvalue weighted by Crippen LogP contribution is 2.45. The Morgan fingerprint density at radius 3 is 2.71 bits per heavy atom. The van der Waals surface area contributed by atoms with Crippen LogP contribution >= 0.6 is 11.6 Å². The molecule has 1 fully saturated rings. The molecule has 0 spiro atoms. The highest BCUT2D eigenvalue weighted by Gasteiger charge is 2.45. The normalized spacial score (nSPS) is 15.7. The van der Waals surface area contributed by atoms with E-state index in [1.807, 2.05) is 24.3 Å². The minimum atomic E-state index is -0.184. The lowest BCUT2D eigenvalue weighted by Crippen LogP contribution is -2.34. The summed E-state index contributed by atoms with van der Waals surface area (Å²) in [5.74, 6) is 0.0653. The van der Waals surface area contributed by atoms with E-state index in [-0.39, 0.29) is 11.4 Å². The van der Waals surface area contributed by atoms with Crippen LogP contribution in [0.25, 0.3) is 0 Å². The SMILES string of the molecule is O=C(CCCn1cnnn1)NC1(c2ccc(Cl)cc2)CC1. The fourth-order valence-corrected chi connectivity index (χ4v) is 2.52. The highest BCUT2D eigenvalue weighted by molar-refractivity contribution is 6.30. The summed E-state index contributed by atoms with van der Waals surface area (Å²) in [6.45, 7) is 0.647. The van der Waals surface area contributed by atoms with Crippen LogP contribution in [0, 0.1) is 0 Å². The number of hydrogen-bond donors (Lipinski definition) is 1. The molecule has 1 amide bonds. The smallest absolute Gasteiger partial charge is 0.220 e. The number of carbonyl (C=O) groups is 1. The number of halogens is 1. The molecule has 1 aromatic heterocycles. The molecule has 6 nitrogen and oxygen atoms in total. The van der Waals surface area contributed by atoms with Gasteiger partial charge in [0.05, 0.1) is 5.54 Å². The summed E-state index contributed by atoms with van der Waals surface area (Å²) in [5, 5.41) is 14.7. The third kappa shape index (κ3) is 3.39. The maximum Gasteiger partial charge on any atom is 0.220 e. The summed E-state index contributed by atoms with van der Waals surface area (Å²) in [6.07, 6.45) is 4.69. The zero-order chi connectivity index (χ0) is 14.7. The van der Waals surface area contributed by atoms with Gasteiger partial charge in [0.1, 0.15) is 6.33 Å². The minimum absolute atomic E-state index is 0.0653. The van der Waals surface area contributed by atoms with Crippen LogP contribution < -0.4 is 5.32 Å². The first-order chi connectivity index (χ1) is 10.2. The van der Waals surface area contributed by atoms with Crippen molar-refractivity contribution < 1.29 is 4.79 Å². The lowest BCUT2D eigenvalue weighted by molar-refractivity contribution is -0.122. The first kappa shape index (κ1) is 14.0. The van der Waals surface area contributed by atoms with E-state index in [4.69, 9.17) is 11.6 Å². The molecule has 1 aromatic carbocycles. The molecule has 1 saturated carbocycles. The molecule has 0 bridgehead atoms. The van der Waals surface area contributed by atoms with Crippen molar-refractivity contribution in [2.45, 2.75) is 37.8 Å². The molecule has 3 rings (SSSR count). The second-order valence-electron chi connectivity index (χ2n) is 5.31. The van der Waals surface area contributed by atoms with Gasteiger partial charge in [-0.1, -0.05) is 23.7 Å². The predicted molar refractivity (Wildman–Crippen MR) is 77.6 cm³/mol. The maximum absolute atomic E-state index is 12.1. The number of nitrogens with one attached hydrogen (secondary N) is 1. The lowest BCUT2D eigenvalue weighted by Gasteiger charge is -2.18. The Hall–Kier alpha value is -1.95. The van der Waals surface area contributed by atoms with Crippen molar-refractivity contribution in [3.8, 4) is 0 Å². The van der Waals surface area contributed by atoms with Crippen molar-refractivity contribution in [2.24, 2.45) is 0 Å². The van der Waals surface area contributed by atoms with Gasteiger partial charge >= 0.3 is 0 Å². The number of carbonyl (C=O) groups excluding carboxylic acids is 1. The molecule has 0 aliphatic heterocycles. The van der Waals surface area contributed by atoms with Gasteiger partial charge in [-0.15, -0.1) is 5.10 Å². The molecule has 1 N–H and O–H groups in total. The number of tetrazole rings is 1. The molecular weight excluding hydrogens is 290 g/mol. The molecule has 21 heavy (non-hydrogen) atoms. The molecule has 0 atom stereocenters. The Morgan fingerprint density at radius 1 is 1.33 bits per heavy atom. The van der Waals surface area contributed by atoms with Crippen molar-refractivity contribution in [3.05, 3.63) is 41.2 Å². The average Bonchev–Trinajstić information content (AvgIpc) is 3.05. The van der Waals surface area contributed by atoms with Crippen LogP contribution in [0.15, 0.2) is 30.6 Å². The second kappa shape index (κ2) is 5.81. The van der Waals surface area contributed by atoms with Gasteiger partial charge in [0, 0.05) is 18.0 Å². The van der Waals surface area contributed by atoms with Crippen molar-refractivity contribution >= 4 is 17.5 Å². The lowest BCUT2D eigenvalue weighted by atomic mass is 10.0. The predicted octanol–water partition coefficient (Wildman–Crippen LogP) is 1.91.